The molecule has 29 heavy (non-hydrogen) atoms. The lowest BCUT2D eigenvalue weighted by Crippen LogP contribution is -2.45. The maximum absolute atomic E-state index is 6.16. The van der Waals surface area contributed by atoms with Crippen molar-refractivity contribution in [2.24, 2.45) is 10.7 Å². The lowest BCUT2D eigenvalue weighted by Gasteiger charge is -2.34. The molecule has 0 atom stereocenters. The van der Waals surface area contributed by atoms with E-state index in [0.29, 0.717) is 23.3 Å². The molecular weight excluding hydrogens is 386 g/mol. The topological polar surface area (TPSA) is 66.1 Å². The van der Waals surface area contributed by atoms with Gasteiger partial charge in [0.1, 0.15) is 5.75 Å². The Morgan fingerprint density at radius 2 is 1.79 bits per heavy atom. The van der Waals surface area contributed by atoms with Crippen molar-refractivity contribution >= 4 is 23.2 Å². The molecule has 0 aromatic heterocycles. The summed E-state index contributed by atoms with van der Waals surface area (Å²) in [5.41, 5.74) is 9.37. The highest BCUT2D eigenvalue weighted by atomic mass is 35.5. The van der Waals surface area contributed by atoms with Crippen LogP contribution < -0.4 is 15.8 Å². The summed E-state index contributed by atoms with van der Waals surface area (Å²) in [7, 11) is 1.59. The van der Waals surface area contributed by atoms with Crippen molar-refractivity contribution < 1.29 is 4.74 Å². The van der Waals surface area contributed by atoms with E-state index in [-0.39, 0.29) is 0 Å². The monoisotopic (exact) mass is 415 g/mol. The smallest absolute Gasteiger partial charge is 0.193 e. The number of hydrogen-bond acceptors (Lipinski definition) is 4. The van der Waals surface area contributed by atoms with Gasteiger partial charge in [0.2, 0.25) is 0 Å². The number of guanidine groups is 1. The number of aliphatic imine (C=N–C) groups is 1. The van der Waals surface area contributed by atoms with Gasteiger partial charge in [0.15, 0.2) is 5.96 Å². The van der Waals surface area contributed by atoms with Crippen LogP contribution in [0.25, 0.3) is 0 Å². The third-order valence-electron chi connectivity index (χ3n) is 5.27. The fraction of sp³-hybridized carbons (Fsp3) is 0.409. The number of nitrogens with one attached hydrogen (secondary N) is 1. The van der Waals surface area contributed by atoms with Gasteiger partial charge in [-0.25, -0.2) is 4.99 Å². The van der Waals surface area contributed by atoms with E-state index in [9.17, 15) is 0 Å². The van der Waals surface area contributed by atoms with Crippen LogP contribution >= 0.6 is 11.6 Å². The highest BCUT2D eigenvalue weighted by Crippen LogP contribution is 2.27. The number of piperazine rings is 1. The van der Waals surface area contributed by atoms with Gasteiger partial charge in [-0.2, -0.15) is 0 Å². The molecule has 0 saturated carbocycles. The van der Waals surface area contributed by atoms with Gasteiger partial charge in [0, 0.05) is 38.4 Å². The van der Waals surface area contributed by atoms with Gasteiger partial charge in [-0.05, 0) is 35.9 Å². The maximum Gasteiger partial charge on any atom is 0.193 e. The highest BCUT2D eigenvalue weighted by Gasteiger charge is 2.16. The number of ether oxygens (including phenoxy) is 1. The average molecular weight is 416 g/mol. The molecule has 2 aromatic carbocycles. The molecular formula is C22H30ClN5O. The lowest BCUT2D eigenvalue weighted by molar-refractivity contribution is 0.131. The largest absolute Gasteiger partial charge is 0.495 e. The molecule has 156 valence electrons. The highest BCUT2D eigenvalue weighted by molar-refractivity contribution is 6.32. The van der Waals surface area contributed by atoms with Gasteiger partial charge < -0.3 is 20.7 Å². The second kappa shape index (κ2) is 10.5. The number of hydrogen-bond donors (Lipinski definition) is 2. The molecule has 0 amide bonds. The van der Waals surface area contributed by atoms with Gasteiger partial charge in [-0.15, -0.1) is 0 Å². The van der Waals surface area contributed by atoms with Crippen LogP contribution in [0.1, 0.15) is 18.1 Å². The minimum Gasteiger partial charge on any atom is -0.495 e. The molecule has 1 aliphatic heterocycles. The van der Waals surface area contributed by atoms with Gasteiger partial charge >= 0.3 is 0 Å². The number of methoxy groups -OCH3 is 1. The standard InChI is InChI=1S/C22H30ClN5O/c1-3-27-10-12-28(13-11-27)16-18-7-5-4-6-17(18)15-25-22(24)26-19-8-9-21(29-2)20(23)14-19/h4-9,14H,3,10-13,15-16H2,1-2H3,(H3,24,25,26). The predicted molar refractivity (Wildman–Crippen MR) is 121 cm³/mol. The molecule has 1 heterocycles. The summed E-state index contributed by atoms with van der Waals surface area (Å²) in [4.78, 5) is 9.52. The molecule has 0 bridgehead atoms. The van der Waals surface area contributed by atoms with Gasteiger partial charge in [0.05, 0.1) is 18.7 Å². The Labute approximate surface area is 178 Å². The van der Waals surface area contributed by atoms with Crippen LogP contribution in [-0.2, 0) is 13.1 Å². The van der Waals surface area contributed by atoms with E-state index >= 15 is 0 Å². The fourth-order valence-electron chi connectivity index (χ4n) is 3.47. The molecule has 0 radical (unpaired) electrons. The zero-order valence-electron chi connectivity index (χ0n) is 17.2. The van der Waals surface area contributed by atoms with Gasteiger partial charge in [-0.3, -0.25) is 4.90 Å². The van der Waals surface area contributed by atoms with Gasteiger partial charge in [0.25, 0.3) is 0 Å². The molecule has 0 aliphatic carbocycles. The fourth-order valence-corrected chi connectivity index (χ4v) is 3.73. The second-order valence-electron chi connectivity index (χ2n) is 7.15. The van der Waals surface area contributed by atoms with Crippen molar-refractivity contribution in [3.63, 3.8) is 0 Å². The van der Waals surface area contributed by atoms with Crippen molar-refractivity contribution in [2.45, 2.75) is 20.0 Å². The van der Waals surface area contributed by atoms with Crippen LogP contribution in [0.4, 0.5) is 5.69 Å². The molecule has 6 nitrogen and oxygen atoms in total. The van der Waals surface area contributed by atoms with Crippen LogP contribution in [0.3, 0.4) is 0 Å². The Morgan fingerprint density at radius 3 is 2.45 bits per heavy atom. The summed E-state index contributed by atoms with van der Waals surface area (Å²) in [5, 5.41) is 3.61. The lowest BCUT2D eigenvalue weighted by atomic mass is 10.1. The van der Waals surface area contributed by atoms with Crippen molar-refractivity contribution in [2.75, 3.05) is 45.2 Å². The van der Waals surface area contributed by atoms with Crippen LogP contribution in [0, 0.1) is 0 Å². The summed E-state index contributed by atoms with van der Waals surface area (Å²) in [6.07, 6.45) is 0. The van der Waals surface area contributed by atoms with E-state index in [4.69, 9.17) is 22.1 Å². The van der Waals surface area contributed by atoms with Crippen molar-refractivity contribution in [3.05, 3.63) is 58.6 Å². The second-order valence-corrected chi connectivity index (χ2v) is 7.56. The zero-order chi connectivity index (χ0) is 20.6. The van der Waals surface area contributed by atoms with Crippen molar-refractivity contribution in [1.82, 2.24) is 9.80 Å². The van der Waals surface area contributed by atoms with E-state index < -0.39 is 0 Å². The van der Waals surface area contributed by atoms with Crippen LogP contribution in [0.2, 0.25) is 5.02 Å². The molecule has 0 unspecified atom stereocenters. The molecule has 7 heteroatoms. The van der Waals surface area contributed by atoms with Crippen molar-refractivity contribution in [3.8, 4) is 5.75 Å². The average Bonchev–Trinajstić information content (AvgIpc) is 2.74. The maximum atomic E-state index is 6.16. The van der Waals surface area contributed by atoms with E-state index in [2.05, 4.69) is 51.3 Å². The number of rotatable bonds is 7. The number of benzene rings is 2. The molecule has 3 N–H and O–H groups in total. The van der Waals surface area contributed by atoms with E-state index in [0.717, 1.165) is 45.0 Å². The van der Waals surface area contributed by atoms with E-state index in [1.807, 2.05) is 6.07 Å². The first-order valence-corrected chi connectivity index (χ1v) is 10.4. The third kappa shape index (κ3) is 6.10. The Hall–Kier alpha value is -2.28. The molecule has 3 rings (SSSR count). The molecule has 1 saturated heterocycles. The molecule has 0 spiro atoms. The Morgan fingerprint density at radius 1 is 1.10 bits per heavy atom. The minimum atomic E-state index is 0.359. The quantitative estimate of drug-likeness (QED) is 0.535. The number of anilines is 1. The summed E-state index contributed by atoms with van der Waals surface area (Å²) in [6, 6.07) is 13.9. The Bertz CT molecular complexity index is 834. The summed E-state index contributed by atoms with van der Waals surface area (Å²) >= 11 is 6.16. The van der Waals surface area contributed by atoms with E-state index in [1.165, 1.54) is 11.1 Å². The number of nitrogens with two attached hydrogens (primary N) is 1. The summed E-state index contributed by atoms with van der Waals surface area (Å²) in [6.45, 7) is 9.32. The van der Waals surface area contributed by atoms with Crippen LogP contribution in [0.5, 0.6) is 5.75 Å². The minimum absolute atomic E-state index is 0.359. The molecule has 1 fully saturated rings. The first-order valence-electron chi connectivity index (χ1n) is 10.0. The third-order valence-corrected chi connectivity index (χ3v) is 5.56. The van der Waals surface area contributed by atoms with Crippen LogP contribution in [0.15, 0.2) is 47.5 Å². The first kappa shape index (κ1) is 21.4. The zero-order valence-corrected chi connectivity index (χ0v) is 18.0. The summed E-state index contributed by atoms with van der Waals surface area (Å²) in [5.74, 6) is 0.985. The SMILES string of the molecule is CCN1CCN(Cc2ccccc2CN=C(N)Nc2ccc(OC)c(Cl)c2)CC1. The first-order chi connectivity index (χ1) is 14.1. The number of nitrogens with zero attached hydrogens (tertiary/aromatic N) is 3. The Balaban J connectivity index is 1.60. The molecule has 1 aliphatic rings. The van der Waals surface area contributed by atoms with Gasteiger partial charge in [-0.1, -0.05) is 42.8 Å². The number of likely N-dealkylation sites (N-methyl/N-ethyl adjacent to an activating group) is 1. The normalized spacial score (nSPS) is 16.0. The predicted octanol–water partition coefficient (Wildman–Crippen LogP) is 3.41. The molecule has 2 aromatic rings. The van der Waals surface area contributed by atoms with E-state index in [1.54, 1.807) is 19.2 Å². The van der Waals surface area contributed by atoms with Crippen molar-refractivity contribution in [1.29, 1.82) is 0 Å². The van der Waals surface area contributed by atoms with Crippen LogP contribution in [-0.4, -0.2) is 55.6 Å². The summed E-state index contributed by atoms with van der Waals surface area (Å²) < 4.78 is 5.17. The Kier molecular flexibility index (Phi) is 7.75. The number of halogens is 1.